The molecule has 7 nitrogen and oxygen atoms in total. The number of thiophene rings is 1. The summed E-state index contributed by atoms with van der Waals surface area (Å²) in [6.45, 7) is 5.39. The van der Waals surface area contributed by atoms with Gasteiger partial charge in [0.15, 0.2) is 0 Å². The number of aliphatic hydroxyl groups excluding tert-OH is 1. The molecule has 4 rings (SSSR count). The molecule has 0 radical (unpaired) electrons. The average molecular weight is 391 g/mol. The second-order valence-corrected chi connectivity index (χ2v) is 8.66. The summed E-state index contributed by atoms with van der Waals surface area (Å²) in [5.74, 6) is 0.705. The summed E-state index contributed by atoms with van der Waals surface area (Å²) in [4.78, 5) is 38.7. The van der Waals surface area contributed by atoms with E-state index in [1.165, 1.54) is 10.4 Å². The van der Waals surface area contributed by atoms with Gasteiger partial charge in [0.25, 0.3) is 5.56 Å². The highest BCUT2D eigenvalue weighted by Gasteiger charge is 2.23. The van der Waals surface area contributed by atoms with Crippen molar-refractivity contribution in [1.82, 2.24) is 19.8 Å². The van der Waals surface area contributed by atoms with Crippen molar-refractivity contribution in [2.24, 2.45) is 0 Å². The van der Waals surface area contributed by atoms with Crippen molar-refractivity contribution in [1.29, 1.82) is 0 Å². The van der Waals surface area contributed by atoms with Crippen molar-refractivity contribution in [3.8, 4) is 0 Å². The van der Waals surface area contributed by atoms with Gasteiger partial charge in [-0.2, -0.15) is 0 Å². The molecule has 1 saturated heterocycles. The van der Waals surface area contributed by atoms with E-state index in [4.69, 9.17) is 0 Å². The fraction of sp³-hybridized carbons (Fsp3) is 0.632. The Labute approximate surface area is 162 Å². The van der Waals surface area contributed by atoms with Crippen molar-refractivity contribution >= 4 is 27.5 Å². The second-order valence-electron chi connectivity index (χ2n) is 7.58. The first-order valence-electron chi connectivity index (χ1n) is 9.73. The molecule has 1 aliphatic heterocycles. The van der Waals surface area contributed by atoms with Crippen LogP contribution >= 0.6 is 11.3 Å². The molecule has 1 fully saturated rings. The fourth-order valence-electron chi connectivity index (χ4n) is 4.10. The van der Waals surface area contributed by atoms with E-state index in [-0.39, 0.29) is 17.6 Å². The number of β-amino-alcohol motifs (C(OH)–C–C–N with tert-alkyl or cyclic N) is 1. The number of fused-ring (bicyclic) bond motifs is 3. The SMILES string of the molecule is CC(O)CN1CCN(C(=O)CCc2nc3sc4c(c3c(=O)[nH]2)CCC4)CC1. The van der Waals surface area contributed by atoms with Gasteiger partial charge in [-0.15, -0.1) is 11.3 Å². The van der Waals surface area contributed by atoms with Crippen LogP contribution < -0.4 is 5.56 Å². The summed E-state index contributed by atoms with van der Waals surface area (Å²) in [5.41, 5.74) is 1.12. The molecule has 0 spiro atoms. The van der Waals surface area contributed by atoms with Crippen molar-refractivity contribution in [3.05, 3.63) is 26.6 Å². The standard InChI is InChI=1S/C19H26N4O3S/c1-12(24)11-22-7-9-23(10-8-22)16(25)6-5-15-20-18(26)17-13-3-2-4-14(13)27-19(17)21-15/h12,24H,2-11H2,1H3,(H,20,21,26). The maximum absolute atomic E-state index is 12.5. The second kappa shape index (κ2) is 7.69. The Morgan fingerprint density at radius 1 is 1.30 bits per heavy atom. The van der Waals surface area contributed by atoms with Crippen LogP contribution in [0.15, 0.2) is 4.79 Å². The number of piperazine rings is 1. The first-order chi connectivity index (χ1) is 13.0. The van der Waals surface area contributed by atoms with E-state index in [1.807, 2.05) is 4.90 Å². The molecule has 2 N–H and O–H groups in total. The molecule has 1 amide bonds. The number of amides is 1. The normalized spacial score (nSPS) is 18.8. The molecule has 2 aliphatic rings. The third-order valence-corrected chi connectivity index (χ3v) is 6.63. The van der Waals surface area contributed by atoms with E-state index in [2.05, 4.69) is 14.9 Å². The lowest BCUT2D eigenvalue weighted by molar-refractivity contribution is -0.133. The van der Waals surface area contributed by atoms with Gasteiger partial charge in [0.1, 0.15) is 10.7 Å². The third-order valence-electron chi connectivity index (χ3n) is 5.45. The van der Waals surface area contributed by atoms with Crippen LogP contribution in [-0.2, 0) is 24.1 Å². The number of nitrogens with zero attached hydrogens (tertiary/aromatic N) is 3. The van der Waals surface area contributed by atoms with Gasteiger partial charge in [0.2, 0.25) is 5.91 Å². The Bertz CT molecular complexity index is 896. The van der Waals surface area contributed by atoms with E-state index in [1.54, 1.807) is 18.3 Å². The largest absolute Gasteiger partial charge is 0.392 e. The van der Waals surface area contributed by atoms with Crippen molar-refractivity contribution in [3.63, 3.8) is 0 Å². The first kappa shape index (κ1) is 18.6. The van der Waals surface area contributed by atoms with Crippen LogP contribution in [0.2, 0.25) is 0 Å². The number of H-pyrrole nitrogens is 1. The average Bonchev–Trinajstić information content (AvgIpc) is 3.20. The molecule has 1 aliphatic carbocycles. The number of rotatable bonds is 5. The van der Waals surface area contributed by atoms with Gasteiger partial charge in [0, 0.05) is 50.4 Å². The van der Waals surface area contributed by atoms with Gasteiger partial charge in [-0.25, -0.2) is 4.98 Å². The van der Waals surface area contributed by atoms with Gasteiger partial charge in [-0.05, 0) is 31.7 Å². The number of aromatic amines is 1. The minimum absolute atomic E-state index is 0.0615. The molecule has 1 atom stereocenters. The van der Waals surface area contributed by atoms with Crippen LogP contribution in [-0.4, -0.2) is 69.6 Å². The molecule has 0 bridgehead atoms. The zero-order valence-electron chi connectivity index (χ0n) is 15.7. The molecular weight excluding hydrogens is 364 g/mol. The van der Waals surface area contributed by atoms with Crippen LogP contribution in [0.3, 0.4) is 0 Å². The molecular formula is C19H26N4O3S. The van der Waals surface area contributed by atoms with Crippen molar-refractivity contribution in [2.45, 2.75) is 45.1 Å². The highest BCUT2D eigenvalue weighted by molar-refractivity contribution is 7.18. The van der Waals surface area contributed by atoms with Gasteiger partial charge in [0.05, 0.1) is 11.5 Å². The van der Waals surface area contributed by atoms with E-state index in [9.17, 15) is 14.7 Å². The quantitative estimate of drug-likeness (QED) is 0.793. The van der Waals surface area contributed by atoms with Crippen LogP contribution in [0.5, 0.6) is 0 Å². The van der Waals surface area contributed by atoms with Gasteiger partial charge < -0.3 is 15.0 Å². The maximum atomic E-state index is 12.5. The molecule has 1 unspecified atom stereocenters. The maximum Gasteiger partial charge on any atom is 0.259 e. The lowest BCUT2D eigenvalue weighted by atomic mass is 10.2. The first-order valence-corrected chi connectivity index (χ1v) is 10.5. The Morgan fingerprint density at radius 2 is 2.07 bits per heavy atom. The zero-order chi connectivity index (χ0) is 19.0. The van der Waals surface area contributed by atoms with Crippen molar-refractivity contribution in [2.75, 3.05) is 32.7 Å². The third kappa shape index (κ3) is 3.93. The minimum Gasteiger partial charge on any atom is -0.392 e. The predicted octanol–water partition coefficient (Wildman–Crippen LogP) is 0.931. The number of aliphatic hydroxyl groups is 1. The smallest absolute Gasteiger partial charge is 0.259 e. The van der Waals surface area contributed by atoms with Gasteiger partial charge in [-0.1, -0.05) is 0 Å². The molecule has 2 aromatic rings. The van der Waals surface area contributed by atoms with E-state index < -0.39 is 0 Å². The monoisotopic (exact) mass is 390 g/mol. The van der Waals surface area contributed by atoms with Crippen LogP contribution in [0.4, 0.5) is 0 Å². The molecule has 3 heterocycles. The number of aryl methyl sites for hydroxylation is 3. The van der Waals surface area contributed by atoms with Crippen LogP contribution in [0, 0.1) is 0 Å². The van der Waals surface area contributed by atoms with Gasteiger partial charge in [-0.3, -0.25) is 14.5 Å². The predicted molar refractivity (Wildman–Crippen MR) is 105 cm³/mol. The number of hydrogen-bond donors (Lipinski definition) is 2. The summed E-state index contributed by atoms with van der Waals surface area (Å²) in [6, 6.07) is 0. The minimum atomic E-state index is -0.344. The molecule has 8 heteroatoms. The number of carbonyl (C=O) groups excluding carboxylic acids is 1. The van der Waals surface area contributed by atoms with E-state index in [0.29, 0.717) is 38.3 Å². The fourth-order valence-corrected chi connectivity index (χ4v) is 5.38. The van der Waals surface area contributed by atoms with Crippen LogP contribution in [0.25, 0.3) is 10.2 Å². The number of nitrogens with one attached hydrogen (secondary N) is 1. The highest BCUT2D eigenvalue weighted by atomic mass is 32.1. The molecule has 0 saturated carbocycles. The summed E-state index contributed by atoms with van der Waals surface area (Å²) in [7, 11) is 0. The Kier molecular flexibility index (Phi) is 5.29. The van der Waals surface area contributed by atoms with Crippen LogP contribution in [0.1, 0.15) is 36.0 Å². The van der Waals surface area contributed by atoms with E-state index >= 15 is 0 Å². The topological polar surface area (TPSA) is 89.5 Å². The van der Waals surface area contributed by atoms with Crippen molar-refractivity contribution < 1.29 is 9.90 Å². The Balaban J connectivity index is 1.36. The molecule has 2 aromatic heterocycles. The zero-order valence-corrected chi connectivity index (χ0v) is 16.5. The molecule has 0 aromatic carbocycles. The summed E-state index contributed by atoms with van der Waals surface area (Å²) < 4.78 is 0. The lowest BCUT2D eigenvalue weighted by Crippen LogP contribution is -2.50. The van der Waals surface area contributed by atoms with Gasteiger partial charge >= 0.3 is 0 Å². The highest BCUT2D eigenvalue weighted by Crippen LogP contribution is 2.34. The van der Waals surface area contributed by atoms with E-state index in [0.717, 1.165) is 42.6 Å². The summed E-state index contributed by atoms with van der Waals surface area (Å²) >= 11 is 1.63. The molecule has 27 heavy (non-hydrogen) atoms. The number of carbonyl (C=O) groups is 1. The lowest BCUT2D eigenvalue weighted by Gasteiger charge is -2.35. The Hall–Kier alpha value is -1.77. The number of aromatic nitrogens is 2. The summed E-state index contributed by atoms with van der Waals surface area (Å²) in [5, 5.41) is 10.2. The Morgan fingerprint density at radius 3 is 2.81 bits per heavy atom. The summed E-state index contributed by atoms with van der Waals surface area (Å²) in [6.07, 6.45) is 3.61. The number of hydrogen-bond acceptors (Lipinski definition) is 6. The molecule has 146 valence electrons.